The second-order valence-electron chi connectivity index (χ2n) is 10.6. The number of rotatable bonds is 1. The van der Waals surface area contributed by atoms with Gasteiger partial charge in [-0.1, -0.05) is 20.3 Å². The lowest BCUT2D eigenvalue weighted by Gasteiger charge is -2.65. The molecule has 2 heteroatoms. The highest BCUT2D eigenvalue weighted by molar-refractivity contribution is 5.77. The largest absolute Gasteiger partial charge is 0.469 e. The topological polar surface area (TPSA) is 26.3 Å². The first-order valence-corrected chi connectivity index (χ1v) is 9.89. The Kier molecular flexibility index (Phi) is 2.57. The van der Waals surface area contributed by atoms with Crippen molar-refractivity contribution in [1.29, 1.82) is 0 Å². The van der Waals surface area contributed by atoms with Crippen LogP contribution in [0.2, 0.25) is 0 Å². The summed E-state index contributed by atoms with van der Waals surface area (Å²) in [5, 5.41) is 0. The highest BCUT2D eigenvalue weighted by atomic mass is 16.5. The zero-order chi connectivity index (χ0) is 16.3. The van der Waals surface area contributed by atoms with Crippen molar-refractivity contribution < 1.29 is 9.53 Å². The summed E-state index contributed by atoms with van der Waals surface area (Å²) in [6, 6.07) is 0. The summed E-state index contributed by atoms with van der Waals surface area (Å²) in [4.78, 5) is 12.6. The maximum atomic E-state index is 12.6. The zero-order valence-corrected chi connectivity index (χ0v) is 15.3. The van der Waals surface area contributed by atoms with E-state index >= 15 is 0 Å². The predicted molar refractivity (Wildman–Crippen MR) is 89.7 cm³/mol. The summed E-state index contributed by atoms with van der Waals surface area (Å²) in [7, 11) is 1.58. The zero-order valence-electron chi connectivity index (χ0n) is 15.3. The highest BCUT2D eigenvalue weighted by Crippen LogP contribution is 2.85. The van der Waals surface area contributed by atoms with Crippen molar-refractivity contribution in [2.75, 3.05) is 7.11 Å². The lowest BCUT2D eigenvalue weighted by atomic mass is 9.39. The van der Waals surface area contributed by atoms with Crippen LogP contribution in [0, 0.1) is 45.3 Å². The molecule has 1 spiro atoms. The highest BCUT2D eigenvalue weighted by Gasteiger charge is 2.78. The van der Waals surface area contributed by atoms with E-state index in [9.17, 15) is 4.79 Å². The van der Waals surface area contributed by atoms with E-state index in [0.29, 0.717) is 22.2 Å². The molecule has 0 N–H and O–H groups in total. The Hall–Kier alpha value is -0.530. The predicted octanol–water partition coefficient (Wildman–Crippen LogP) is 4.82. The molecule has 128 valence electrons. The maximum Gasteiger partial charge on any atom is 0.311 e. The summed E-state index contributed by atoms with van der Waals surface area (Å²) in [5.41, 5.74) is 1.47. The molecule has 6 aliphatic rings. The summed E-state index contributed by atoms with van der Waals surface area (Å²) in [6.07, 6.45) is 10.7. The first-order chi connectivity index (χ1) is 10.8. The number of hydrogen-bond acceptors (Lipinski definition) is 2. The smallest absolute Gasteiger partial charge is 0.311 e. The van der Waals surface area contributed by atoms with Crippen LogP contribution < -0.4 is 0 Å². The molecule has 8 atom stereocenters. The van der Waals surface area contributed by atoms with Crippen LogP contribution in [0.3, 0.4) is 0 Å². The molecule has 6 aliphatic carbocycles. The monoisotopic (exact) mass is 316 g/mol. The van der Waals surface area contributed by atoms with E-state index < -0.39 is 0 Å². The molecule has 6 saturated carbocycles. The summed E-state index contributed by atoms with van der Waals surface area (Å²) in [5.74, 6) is 3.53. The minimum absolute atomic E-state index is 0.0583. The van der Waals surface area contributed by atoms with Crippen LogP contribution in [0.5, 0.6) is 0 Å². The number of carbonyl (C=O) groups excluding carboxylic acids is 1. The quantitative estimate of drug-likeness (QED) is 0.648. The van der Waals surface area contributed by atoms with Crippen LogP contribution in [-0.4, -0.2) is 13.1 Å². The third-order valence-corrected chi connectivity index (χ3v) is 10.0. The fourth-order valence-electron chi connectivity index (χ4n) is 9.09. The van der Waals surface area contributed by atoms with Crippen molar-refractivity contribution >= 4 is 5.97 Å². The van der Waals surface area contributed by atoms with E-state index in [-0.39, 0.29) is 11.4 Å². The minimum Gasteiger partial charge on any atom is -0.469 e. The Morgan fingerprint density at radius 3 is 2.43 bits per heavy atom. The van der Waals surface area contributed by atoms with E-state index in [4.69, 9.17) is 4.74 Å². The van der Waals surface area contributed by atoms with Crippen LogP contribution in [0.15, 0.2) is 0 Å². The molecule has 0 saturated heterocycles. The van der Waals surface area contributed by atoms with Gasteiger partial charge in [-0.3, -0.25) is 4.79 Å². The van der Waals surface area contributed by atoms with Crippen LogP contribution in [0.25, 0.3) is 0 Å². The van der Waals surface area contributed by atoms with Gasteiger partial charge in [-0.2, -0.15) is 0 Å². The Bertz CT molecular complexity index is 584. The fraction of sp³-hybridized carbons (Fsp3) is 0.952. The molecule has 0 aromatic carbocycles. The van der Waals surface area contributed by atoms with E-state index in [1.807, 2.05) is 0 Å². The van der Waals surface area contributed by atoms with E-state index in [1.54, 1.807) is 7.11 Å². The van der Waals surface area contributed by atoms with Gasteiger partial charge in [-0.15, -0.1) is 0 Å². The number of fused-ring (bicyclic) bond motifs is 1. The molecule has 0 heterocycles. The third kappa shape index (κ3) is 1.47. The summed E-state index contributed by atoms with van der Waals surface area (Å²) < 4.78 is 5.26. The Morgan fingerprint density at radius 1 is 1.00 bits per heavy atom. The van der Waals surface area contributed by atoms with Gasteiger partial charge < -0.3 is 4.74 Å². The summed E-state index contributed by atoms with van der Waals surface area (Å²) >= 11 is 0. The Labute approximate surface area is 140 Å². The first-order valence-electron chi connectivity index (χ1n) is 9.89. The van der Waals surface area contributed by atoms with Crippen LogP contribution in [0.1, 0.15) is 72.1 Å². The second-order valence-corrected chi connectivity index (χ2v) is 10.6. The van der Waals surface area contributed by atoms with Crippen molar-refractivity contribution in [3.63, 3.8) is 0 Å². The average molecular weight is 316 g/mol. The molecular weight excluding hydrogens is 284 g/mol. The molecule has 6 rings (SSSR count). The van der Waals surface area contributed by atoms with Gasteiger partial charge in [-0.25, -0.2) is 0 Å². The molecule has 0 radical (unpaired) electrons. The molecule has 0 aromatic rings. The van der Waals surface area contributed by atoms with Crippen molar-refractivity contribution in [3.05, 3.63) is 0 Å². The number of ether oxygens (including phenoxy) is 1. The van der Waals surface area contributed by atoms with E-state index in [1.165, 1.54) is 44.9 Å². The lowest BCUT2D eigenvalue weighted by Crippen LogP contribution is -2.59. The molecule has 0 aromatic heterocycles. The average Bonchev–Trinajstić information content (AvgIpc) is 2.97. The molecule has 1 unspecified atom stereocenters. The van der Waals surface area contributed by atoms with Crippen molar-refractivity contribution in [2.24, 2.45) is 45.3 Å². The van der Waals surface area contributed by atoms with Gasteiger partial charge in [-0.05, 0) is 91.8 Å². The van der Waals surface area contributed by atoms with Gasteiger partial charge >= 0.3 is 5.97 Å². The lowest BCUT2D eigenvalue weighted by molar-refractivity contribution is -0.189. The Balaban J connectivity index is 1.54. The number of carbonyl (C=O) groups is 1. The molecular formula is C21H32O2. The van der Waals surface area contributed by atoms with Crippen LogP contribution in [-0.2, 0) is 9.53 Å². The van der Waals surface area contributed by atoms with Gasteiger partial charge in [0.25, 0.3) is 0 Å². The molecule has 0 amide bonds. The van der Waals surface area contributed by atoms with Crippen molar-refractivity contribution in [2.45, 2.75) is 72.1 Å². The molecule has 6 fully saturated rings. The van der Waals surface area contributed by atoms with Gasteiger partial charge in [0.1, 0.15) is 0 Å². The SMILES string of the molecule is COC(=O)[C@@]1(C)CCC[C@@]2(C)[C@H]1CC[C@]13CC4[C@H](C[C@@H]12)[C@]4(C)C3. The normalized spacial score (nSPS) is 62.3. The van der Waals surface area contributed by atoms with E-state index in [0.717, 1.165) is 24.2 Å². The van der Waals surface area contributed by atoms with Gasteiger partial charge in [0, 0.05) is 0 Å². The second kappa shape index (κ2) is 3.99. The third-order valence-electron chi connectivity index (χ3n) is 10.0. The van der Waals surface area contributed by atoms with Crippen molar-refractivity contribution in [3.8, 4) is 0 Å². The molecule has 0 aliphatic heterocycles. The number of methoxy groups -OCH3 is 1. The van der Waals surface area contributed by atoms with Gasteiger partial charge in [0.05, 0.1) is 12.5 Å². The maximum absolute atomic E-state index is 12.6. The molecule has 4 bridgehead atoms. The van der Waals surface area contributed by atoms with Crippen LogP contribution >= 0.6 is 0 Å². The number of esters is 1. The van der Waals surface area contributed by atoms with Crippen molar-refractivity contribution in [1.82, 2.24) is 0 Å². The van der Waals surface area contributed by atoms with Gasteiger partial charge in [0.15, 0.2) is 0 Å². The molecule has 23 heavy (non-hydrogen) atoms. The first kappa shape index (κ1) is 14.8. The van der Waals surface area contributed by atoms with Gasteiger partial charge in [0.2, 0.25) is 0 Å². The van der Waals surface area contributed by atoms with E-state index in [2.05, 4.69) is 20.8 Å². The standard InChI is InChI=1S/C21H32O2/c1-18-7-5-8-19(2,17(22)23-4)15(18)6-9-21-11-14-13(10-16(18)21)20(14,3)12-21/h13-16H,5-12H2,1-4H3/t13-,14?,15+,16+,18-,19-,20-,21+/m0/s1. The molecule has 2 nitrogen and oxygen atoms in total. The number of hydrogen-bond donors (Lipinski definition) is 0. The summed E-state index contributed by atoms with van der Waals surface area (Å²) in [6.45, 7) is 7.34. The minimum atomic E-state index is -0.239. The Morgan fingerprint density at radius 2 is 1.78 bits per heavy atom. The fourth-order valence-corrected chi connectivity index (χ4v) is 9.09. The van der Waals surface area contributed by atoms with Crippen LogP contribution in [0.4, 0.5) is 0 Å².